The monoisotopic (exact) mass is 329 g/mol. The standard InChI is InChI=1S/C19H24FN3O/c1-14-10-22-13-19(24)9-18(22)12-21(14)11-17-3-2-8-23(17)16-6-4-15(20)5-7-16/h2-8,14,18-19,24H,9-13H2,1H3/t14-,18?,19+/m0/s1. The van der Waals surface area contributed by atoms with Crippen LogP contribution in [0.5, 0.6) is 0 Å². The minimum absolute atomic E-state index is 0.176. The molecule has 2 aliphatic heterocycles. The maximum atomic E-state index is 13.2. The fourth-order valence-corrected chi connectivity index (χ4v) is 4.10. The molecule has 2 aliphatic rings. The molecule has 3 atom stereocenters. The summed E-state index contributed by atoms with van der Waals surface area (Å²) in [5, 5.41) is 9.91. The van der Waals surface area contributed by atoms with Crippen molar-refractivity contribution >= 4 is 0 Å². The van der Waals surface area contributed by atoms with Crippen LogP contribution in [0.3, 0.4) is 0 Å². The van der Waals surface area contributed by atoms with E-state index in [9.17, 15) is 9.50 Å². The van der Waals surface area contributed by atoms with E-state index >= 15 is 0 Å². The van der Waals surface area contributed by atoms with Crippen LogP contribution in [0.4, 0.5) is 4.39 Å². The first-order valence-corrected chi connectivity index (χ1v) is 8.68. The van der Waals surface area contributed by atoms with Gasteiger partial charge in [0.2, 0.25) is 0 Å². The van der Waals surface area contributed by atoms with Crippen LogP contribution in [0.25, 0.3) is 5.69 Å². The lowest BCUT2D eigenvalue weighted by molar-refractivity contribution is 0.0517. The highest BCUT2D eigenvalue weighted by Crippen LogP contribution is 2.26. The first kappa shape index (κ1) is 15.8. The molecule has 1 aromatic carbocycles. The highest BCUT2D eigenvalue weighted by Gasteiger charge is 2.38. The van der Waals surface area contributed by atoms with Crippen LogP contribution in [-0.2, 0) is 6.54 Å². The van der Waals surface area contributed by atoms with E-state index in [1.54, 1.807) is 0 Å². The molecule has 4 rings (SSSR count). The van der Waals surface area contributed by atoms with Gasteiger partial charge in [-0.15, -0.1) is 0 Å². The van der Waals surface area contributed by atoms with Crippen molar-refractivity contribution < 1.29 is 9.50 Å². The van der Waals surface area contributed by atoms with Crippen molar-refractivity contribution in [1.82, 2.24) is 14.4 Å². The van der Waals surface area contributed by atoms with Crippen molar-refractivity contribution in [2.45, 2.75) is 38.1 Å². The van der Waals surface area contributed by atoms with Gasteiger partial charge in [0.05, 0.1) is 6.10 Å². The highest BCUT2D eigenvalue weighted by atomic mass is 19.1. The zero-order valence-electron chi connectivity index (χ0n) is 14.0. The predicted octanol–water partition coefficient (Wildman–Crippen LogP) is 2.26. The summed E-state index contributed by atoms with van der Waals surface area (Å²) in [4.78, 5) is 4.92. The Morgan fingerprint density at radius 2 is 1.92 bits per heavy atom. The second-order valence-electron chi connectivity index (χ2n) is 7.12. The van der Waals surface area contributed by atoms with Crippen molar-refractivity contribution in [1.29, 1.82) is 0 Å². The molecule has 2 saturated heterocycles. The third-order valence-corrected chi connectivity index (χ3v) is 5.38. The lowest BCUT2D eigenvalue weighted by atomic mass is 10.1. The molecule has 0 saturated carbocycles. The SMILES string of the molecule is C[C@H]1CN2C[C@H](O)CC2CN1Cc1cccn1-c1ccc(F)cc1. The van der Waals surface area contributed by atoms with E-state index < -0.39 is 0 Å². The number of benzene rings is 1. The van der Waals surface area contributed by atoms with Crippen molar-refractivity contribution in [3.63, 3.8) is 0 Å². The molecule has 0 aliphatic carbocycles. The average Bonchev–Trinajstić information content (AvgIpc) is 3.14. The van der Waals surface area contributed by atoms with E-state index in [1.807, 2.05) is 24.4 Å². The smallest absolute Gasteiger partial charge is 0.123 e. The molecule has 24 heavy (non-hydrogen) atoms. The minimum Gasteiger partial charge on any atom is -0.392 e. The maximum absolute atomic E-state index is 13.2. The molecule has 0 spiro atoms. The summed E-state index contributed by atoms with van der Waals surface area (Å²) in [7, 11) is 0. The van der Waals surface area contributed by atoms with Crippen LogP contribution in [0.2, 0.25) is 0 Å². The van der Waals surface area contributed by atoms with Gasteiger partial charge in [-0.25, -0.2) is 4.39 Å². The number of fused-ring (bicyclic) bond motifs is 1. The van der Waals surface area contributed by atoms with E-state index in [-0.39, 0.29) is 11.9 Å². The Kier molecular flexibility index (Phi) is 4.16. The number of halogens is 1. The molecule has 0 bridgehead atoms. The highest BCUT2D eigenvalue weighted by molar-refractivity contribution is 5.35. The molecule has 1 unspecified atom stereocenters. The average molecular weight is 329 g/mol. The maximum Gasteiger partial charge on any atom is 0.123 e. The molecule has 3 heterocycles. The minimum atomic E-state index is -0.211. The normalized spacial score (nSPS) is 28.2. The number of aliphatic hydroxyl groups excluding tert-OH is 1. The number of aromatic nitrogens is 1. The number of rotatable bonds is 3. The molecule has 2 aromatic rings. The van der Waals surface area contributed by atoms with E-state index in [2.05, 4.69) is 27.4 Å². The van der Waals surface area contributed by atoms with E-state index in [1.165, 1.54) is 17.8 Å². The van der Waals surface area contributed by atoms with Gasteiger partial charge in [0, 0.05) is 55.8 Å². The van der Waals surface area contributed by atoms with Gasteiger partial charge in [-0.05, 0) is 49.7 Å². The molecular weight excluding hydrogens is 305 g/mol. The molecular formula is C19H24FN3O. The van der Waals surface area contributed by atoms with Crippen LogP contribution in [0, 0.1) is 5.82 Å². The van der Waals surface area contributed by atoms with Crippen molar-refractivity contribution in [2.24, 2.45) is 0 Å². The van der Waals surface area contributed by atoms with Gasteiger partial charge < -0.3 is 9.67 Å². The van der Waals surface area contributed by atoms with Gasteiger partial charge in [0.1, 0.15) is 5.82 Å². The summed E-state index contributed by atoms with van der Waals surface area (Å²) >= 11 is 0. The van der Waals surface area contributed by atoms with Gasteiger partial charge in [0.15, 0.2) is 0 Å². The van der Waals surface area contributed by atoms with E-state index in [4.69, 9.17) is 0 Å². The molecule has 5 heteroatoms. The summed E-state index contributed by atoms with van der Waals surface area (Å²) < 4.78 is 15.3. The lowest BCUT2D eigenvalue weighted by Crippen LogP contribution is -2.54. The number of hydrogen-bond donors (Lipinski definition) is 1. The van der Waals surface area contributed by atoms with Gasteiger partial charge in [-0.2, -0.15) is 0 Å². The summed E-state index contributed by atoms with van der Waals surface area (Å²) in [6.45, 7) is 5.94. The number of nitrogens with zero attached hydrogens (tertiary/aromatic N) is 3. The zero-order valence-corrected chi connectivity index (χ0v) is 14.0. The third-order valence-electron chi connectivity index (χ3n) is 5.38. The Hall–Kier alpha value is -1.69. The van der Waals surface area contributed by atoms with Crippen LogP contribution in [-0.4, -0.2) is 57.3 Å². The quantitative estimate of drug-likeness (QED) is 0.937. The van der Waals surface area contributed by atoms with Crippen molar-refractivity contribution in [3.8, 4) is 5.69 Å². The van der Waals surface area contributed by atoms with E-state index in [0.717, 1.165) is 38.3 Å². The fourth-order valence-electron chi connectivity index (χ4n) is 4.10. The first-order chi connectivity index (χ1) is 11.6. The summed E-state index contributed by atoms with van der Waals surface area (Å²) in [6, 6.07) is 11.7. The predicted molar refractivity (Wildman–Crippen MR) is 91.6 cm³/mol. The van der Waals surface area contributed by atoms with Gasteiger partial charge in [-0.1, -0.05) is 0 Å². The topological polar surface area (TPSA) is 31.6 Å². The third kappa shape index (κ3) is 2.99. The van der Waals surface area contributed by atoms with Crippen molar-refractivity contribution in [2.75, 3.05) is 19.6 Å². The second-order valence-corrected chi connectivity index (χ2v) is 7.12. The molecule has 0 radical (unpaired) electrons. The van der Waals surface area contributed by atoms with Crippen LogP contribution in [0.1, 0.15) is 19.0 Å². The fraction of sp³-hybridized carbons (Fsp3) is 0.474. The summed E-state index contributed by atoms with van der Waals surface area (Å²) in [5.41, 5.74) is 2.19. The Balaban J connectivity index is 1.52. The van der Waals surface area contributed by atoms with Crippen molar-refractivity contribution in [3.05, 3.63) is 54.1 Å². The summed E-state index contributed by atoms with van der Waals surface area (Å²) in [6.07, 6.45) is 2.73. The van der Waals surface area contributed by atoms with Crippen LogP contribution >= 0.6 is 0 Å². The number of piperazine rings is 1. The second kappa shape index (κ2) is 6.31. The Labute approximate surface area is 142 Å². The van der Waals surface area contributed by atoms with Gasteiger partial charge in [-0.3, -0.25) is 9.80 Å². The Morgan fingerprint density at radius 3 is 2.71 bits per heavy atom. The van der Waals surface area contributed by atoms with Gasteiger partial charge >= 0.3 is 0 Å². The van der Waals surface area contributed by atoms with E-state index in [0.29, 0.717) is 12.1 Å². The summed E-state index contributed by atoms with van der Waals surface area (Å²) in [5.74, 6) is -0.211. The molecule has 0 amide bonds. The van der Waals surface area contributed by atoms with Crippen LogP contribution in [0.15, 0.2) is 42.6 Å². The molecule has 128 valence electrons. The number of aliphatic hydroxyl groups is 1. The Bertz CT molecular complexity index is 699. The largest absolute Gasteiger partial charge is 0.392 e. The Morgan fingerprint density at radius 1 is 1.12 bits per heavy atom. The molecule has 2 fully saturated rings. The molecule has 1 aromatic heterocycles. The molecule has 4 nitrogen and oxygen atoms in total. The number of hydrogen-bond acceptors (Lipinski definition) is 3. The first-order valence-electron chi connectivity index (χ1n) is 8.68. The van der Waals surface area contributed by atoms with Crippen LogP contribution < -0.4 is 0 Å². The lowest BCUT2D eigenvalue weighted by Gasteiger charge is -2.42. The zero-order chi connectivity index (χ0) is 16.7. The van der Waals surface area contributed by atoms with Gasteiger partial charge in [0.25, 0.3) is 0 Å². The molecule has 1 N–H and O–H groups in total.